The average Bonchev–Trinajstić information content (AvgIpc) is 2.83. The Morgan fingerprint density at radius 3 is 3.07 bits per heavy atom. The minimum atomic E-state index is 0.605. The second-order valence-corrected chi connectivity index (χ2v) is 4.45. The van der Waals surface area contributed by atoms with Crippen LogP contribution in [0.3, 0.4) is 0 Å². The molecule has 0 radical (unpaired) electrons. The standard InChI is InChI=1S/C12H20N2O/c1-3-13-8-12-14-7-11(15-12)10-6-4-5-9(10)2/h7,9-10,13H,3-6,8H2,1-2H3. The Balaban J connectivity index is 1.99. The third kappa shape index (κ3) is 2.40. The minimum Gasteiger partial charge on any atom is -0.444 e. The van der Waals surface area contributed by atoms with Gasteiger partial charge in [-0.15, -0.1) is 0 Å². The lowest BCUT2D eigenvalue weighted by atomic mass is 9.96. The monoisotopic (exact) mass is 208 g/mol. The number of rotatable bonds is 4. The Morgan fingerprint density at radius 2 is 2.40 bits per heavy atom. The normalized spacial score (nSPS) is 26.0. The highest BCUT2D eigenvalue weighted by molar-refractivity contribution is 5.05. The third-order valence-corrected chi connectivity index (χ3v) is 3.32. The van der Waals surface area contributed by atoms with E-state index in [1.165, 1.54) is 19.3 Å². The Kier molecular flexibility index (Phi) is 3.41. The van der Waals surface area contributed by atoms with Crippen molar-refractivity contribution in [3.05, 3.63) is 17.8 Å². The van der Waals surface area contributed by atoms with Crippen molar-refractivity contribution in [3.8, 4) is 0 Å². The van der Waals surface area contributed by atoms with Gasteiger partial charge in [0.1, 0.15) is 5.76 Å². The highest BCUT2D eigenvalue weighted by Gasteiger charge is 2.27. The van der Waals surface area contributed by atoms with E-state index in [1.807, 2.05) is 6.20 Å². The second kappa shape index (κ2) is 4.79. The summed E-state index contributed by atoms with van der Waals surface area (Å²) in [5.74, 6) is 3.27. The molecule has 1 aromatic rings. The largest absolute Gasteiger partial charge is 0.444 e. The van der Waals surface area contributed by atoms with Crippen molar-refractivity contribution in [3.63, 3.8) is 0 Å². The van der Waals surface area contributed by atoms with E-state index < -0.39 is 0 Å². The van der Waals surface area contributed by atoms with Gasteiger partial charge in [0.2, 0.25) is 5.89 Å². The van der Waals surface area contributed by atoms with Crippen LogP contribution < -0.4 is 5.32 Å². The predicted molar refractivity (Wildman–Crippen MR) is 59.6 cm³/mol. The summed E-state index contributed by atoms with van der Waals surface area (Å²) in [6.07, 6.45) is 5.83. The maximum Gasteiger partial charge on any atom is 0.208 e. The van der Waals surface area contributed by atoms with Gasteiger partial charge in [-0.3, -0.25) is 0 Å². The zero-order valence-electron chi connectivity index (χ0n) is 9.62. The molecule has 0 saturated heterocycles. The Morgan fingerprint density at radius 1 is 1.53 bits per heavy atom. The predicted octanol–water partition coefficient (Wildman–Crippen LogP) is 2.69. The van der Waals surface area contributed by atoms with Crippen LogP contribution in [0.15, 0.2) is 10.6 Å². The van der Waals surface area contributed by atoms with Gasteiger partial charge in [0, 0.05) is 5.92 Å². The maximum absolute atomic E-state index is 5.77. The molecule has 2 unspecified atom stereocenters. The zero-order valence-corrected chi connectivity index (χ0v) is 9.62. The summed E-state index contributed by atoms with van der Waals surface area (Å²) in [6, 6.07) is 0. The molecule has 1 aliphatic carbocycles. The van der Waals surface area contributed by atoms with Crippen molar-refractivity contribution in [2.75, 3.05) is 6.54 Å². The van der Waals surface area contributed by atoms with Crippen LogP contribution in [0.1, 0.15) is 50.7 Å². The van der Waals surface area contributed by atoms with Crippen molar-refractivity contribution in [2.24, 2.45) is 5.92 Å². The topological polar surface area (TPSA) is 38.1 Å². The molecule has 2 atom stereocenters. The lowest BCUT2D eigenvalue weighted by Crippen LogP contribution is -2.11. The van der Waals surface area contributed by atoms with Gasteiger partial charge < -0.3 is 9.73 Å². The van der Waals surface area contributed by atoms with Gasteiger partial charge in [0.15, 0.2) is 0 Å². The molecule has 3 nitrogen and oxygen atoms in total. The lowest BCUT2D eigenvalue weighted by molar-refractivity contribution is 0.382. The van der Waals surface area contributed by atoms with Gasteiger partial charge in [-0.2, -0.15) is 0 Å². The molecule has 0 amide bonds. The summed E-state index contributed by atoms with van der Waals surface area (Å²) in [6.45, 7) is 6.10. The first-order valence-corrected chi connectivity index (χ1v) is 5.96. The van der Waals surface area contributed by atoms with Gasteiger partial charge in [0.25, 0.3) is 0 Å². The van der Waals surface area contributed by atoms with E-state index in [4.69, 9.17) is 4.42 Å². The van der Waals surface area contributed by atoms with Gasteiger partial charge in [-0.1, -0.05) is 20.3 Å². The second-order valence-electron chi connectivity index (χ2n) is 4.45. The van der Waals surface area contributed by atoms with E-state index in [0.29, 0.717) is 5.92 Å². The first kappa shape index (κ1) is 10.7. The molecule has 0 aliphatic heterocycles. The Labute approximate surface area is 91.3 Å². The summed E-state index contributed by atoms with van der Waals surface area (Å²) >= 11 is 0. The molecule has 0 aromatic carbocycles. The molecular formula is C12H20N2O. The molecule has 1 fully saturated rings. The van der Waals surface area contributed by atoms with Crippen molar-refractivity contribution >= 4 is 0 Å². The SMILES string of the molecule is CCNCc1ncc(C2CCCC2C)o1. The van der Waals surface area contributed by atoms with Crippen LogP contribution >= 0.6 is 0 Å². The molecule has 15 heavy (non-hydrogen) atoms. The first-order valence-electron chi connectivity index (χ1n) is 5.96. The molecule has 0 bridgehead atoms. The van der Waals surface area contributed by atoms with E-state index in [-0.39, 0.29) is 0 Å². The molecule has 1 aromatic heterocycles. The number of hydrogen-bond acceptors (Lipinski definition) is 3. The number of nitrogens with one attached hydrogen (secondary N) is 1. The number of hydrogen-bond donors (Lipinski definition) is 1. The smallest absolute Gasteiger partial charge is 0.208 e. The van der Waals surface area contributed by atoms with Crippen LogP contribution in [0.4, 0.5) is 0 Å². The summed E-state index contributed by atoms with van der Waals surface area (Å²) in [7, 11) is 0. The fourth-order valence-electron chi connectivity index (χ4n) is 2.38. The highest BCUT2D eigenvalue weighted by Crippen LogP contribution is 2.39. The highest BCUT2D eigenvalue weighted by atomic mass is 16.4. The Bertz CT molecular complexity index is 308. The quantitative estimate of drug-likeness (QED) is 0.826. The molecule has 1 N–H and O–H groups in total. The molecule has 1 saturated carbocycles. The summed E-state index contributed by atoms with van der Waals surface area (Å²) in [4.78, 5) is 4.30. The fraction of sp³-hybridized carbons (Fsp3) is 0.750. The van der Waals surface area contributed by atoms with E-state index in [9.17, 15) is 0 Å². The molecule has 84 valence electrons. The zero-order chi connectivity index (χ0) is 10.7. The Hall–Kier alpha value is -0.830. The van der Waals surface area contributed by atoms with Crippen LogP contribution in [-0.4, -0.2) is 11.5 Å². The van der Waals surface area contributed by atoms with Gasteiger partial charge in [0.05, 0.1) is 12.7 Å². The van der Waals surface area contributed by atoms with Crippen LogP contribution in [0.25, 0.3) is 0 Å². The van der Waals surface area contributed by atoms with Crippen LogP contribution in [0, 0.1) is 5.92 Å². The van der Waals surface area contributed by atoms with Crippen molar-refractivity contribution in [1.29, 1.82) is 0 Å². The van der Waals surface area contributed by atoms with Crippen molar-refractivity contribution < 1.29 is 4.42 Å². The summed E-state index contributed by atoms with van der Waals surface area (Å²) < 4.78 is 5.77. The lowest BCUT2D eigenvalue weighted by Gasteiger charge is -2.10. The van der Waals surface area contributed by atoms with Gasteiger partial charge in [-0.25, -0.2) is 4.98 Å². The minimum absolute atomic E-state index is 0.605. The summed E-state index contributed by atoms with van der Waals surface area (Å²) in [5, 5.41) is 3.22. The van der Waals surface area contributed by atoms with E-state index in [2.05, 4.69) is 24.1 Å². The summed E-state index contributed by atoms with van der Waals surface area (Å²) in [5.41, 5.74) is 0. The number of nitrogens with zero attached hydrogens (tertiary/aromatic N) is 1. The van der Waals surface area contributed by atoms with E-state index in [0.717, 1.165) is 30.7 Å². The maximum atomic E-state index is 5.77. The molecule has 2 rings (SSSR count). The van der Waals surface area contributed by atoms with Crippen molar-refractivity contribution in [1.82, 2.24) is 10.3 Å². The number of aromatic nitrogens is 1. The van der Waals surface area contributed by atoms with Crippen LogP contribution in [-0.2, 0) is 6.54 Å². The van der Waals surface area contributed by atoms with E-state index >= 15 is 0 Å². The molecule has 3 heteroatoms. The molecule has 1 heterocycles. The first-order chi connectivity index (χ1) is 7.31. The van der Waals surface area contributed by atoms with Crippen molar-refractivity contribution in [2.45, 2.75) is 45.6 Å². The molecule has 1 aliphatic rings. The fourth-order valence-corrected chi connectivity index (χ4v) is 2.38. The van der Waals surface area contributed by atoms with Crippen LogP contribution in [0.2, 0.25) is 0 Å². The number of oxazole rings is 1. The molecular weight excluding hydrogens is 188 g/mol. The van der Waals surface area contributed by atoms with Gasteiger partial charge >= 0.3 is 0 Å². The third-order valence-electron chi connectivity index (χ3n) is 3.32. The van der Waals surface area contributed by atoms with Gasteiger partial charge in [-0.05, 0) is 25.3 Å². The molecule has 0 spiro atoms. The van der Waals surface area contributed by atoms with Crippen LogP contribution in [0.5, 0.6) is 0 Å². The van der Waals surface area contributed by atoms with E-state index in [1.54, 1.807) is 0 Å². The average molecular weight is 208 g/mol.